The van der Waals surface area contributed by atoms with Gasteiger partial charge in [0.05, 0.1) is 22.4 Å². The molecule has 0 spiro atoms. The van der Waals surface area contributed by atoms with Gasteiger partial charge in [-0.2, -0.15) is 0 Å². The number of hydrogen-bond acceptors (Lipinski definition) is 2. The predicted octanol–water partition coefficient (Wildman–Crippen LogP) is 5.45. The first-order valence-corrected chi connectivity index (χ1v) is 8.28. The molecule has 0 saturated carbocycles. The van der Waals surface area contributed by atoms with Crippen molar-refractivity contribution in [1.29, 1.82) is 0 Å². The molecule has 0 unspecified atom stereocenters. The van der Waals surface area contributed by atoms with E-state index in [1.165, 1.54) is 0 Å². The molecule has 118 valence electrons. The van der Waals surface area contributed by atoms with Gasteiger partial charge in [-0.3, -0.25) is 0 Å². The molecule has 2 aromatic carbocycles. The normalized spacial score (nSPS) is 11.2. The summed E-state index contributed by atoms with van der Waals surface area (Å²) in [4.78, 5) is 12.8. The zero-order valence-electron chi connectivity index (χ0n) is 13.5. The Balaban J connectivity index is 1.67. The average molecular weight is 321 g/mol. The molecular weight excluding hydrogens is 306 g/mol. The molecule has 3 aromatic heterocycles. The third kappa shape index (κ3) is 2.37. The second-order valence-corrected chi connectivity index (χ2v) is 6.06. The predicted molar refractivity (Wildman–Crippen MR) is 102 cm³/mol. The maximum absolute atomic E-state index is 4.82. The number of rotatable bonds is 2. The average Bonchev–Trinajstić information content (AvgIpc) is 3.17. The first kappa shape index (κ1) is 13.9. The van der Waals surface area contributed by atoms with Crippen LogP contribution in [-0.4, -0.2) is 15.0 Å². The van der Waals surface area contributed by atoms with Gasteiger partial charge in [-0.15, -0.1) is 0 Å². The van der Waals surface area contributed by atoms with Crippen LogP contribution in [0.3, 0.4) is 0 Å². The number of nitrogens with zero attached hydrogens (tertiary/aromatic N) is 2. The van der Waals surface area contributed by atoms with Crippen LogP contribution in [0.5, 0.6) is 0 Å². The Morgan fingerprint density at radius 1 is 0.520 bits per heavy atom. The van der Waals surface area contributed by atoms with Crippen molar-refractivity contribution in [3.63, 3.8) is 0 Å². The van der Waals surface area contributed by atoms with Crippen LogP contribution in [0.25, 0.3) is 44.3 Å². The molecule has 0 amide bonds. The molecule has 0 radical (unpaired) electrons. The third-order valence-corrected chi connectivity index (χ3v) is 4.49. The highest BCUT2D eigenvalue weighted by Gasteiger charge is 2.12. The summed E-state index contributed by atoms with van der Waals surface area (Å²) in [5.74, 6) is 0. The van der Waals surface area contributed by atoms with Gasteiger partial charge in [-0.25, -0.2) is 9.97 Å². The SMILES string of the molecule is c1ccc2nc(-c3c[nH]cc3-c3ccc4ccccc4n3)ccc2c1. The molecule has 25 heavy (non-hydrogen) atoms. The van der Waals surface area contributed by atoms with Crippen LogP contribution >= 0.6 is 0 Å². The Labute approximate surface area is 145 Å². The largest absolute Gasteiger partial charge is 0.366 e. The lowest BCUT2D eigenvalue weighted by atomic mass is 10.0. The summed E-state index contributed by atoms with van der Waals surface area (Å²) in [6.45, 7) is 0. The first-order chi connectivity index (χ1) is 12.4. The maximum atomic E-state index is 4.82. The monoisotopic (exact) mass is 321 g/mol. The molecular formula is C22H15N3. The van der Waals surface area contributed by atoms with Crippen LogP contribution in [0.1, 0.15) is 0 Å². The molecule has 0 bridgehead atoms. The minimum Gasteiger partial charge on any atom is -0.366 e. The molecule has 0 aliphatic heterocycles. The molecule has 3 nitrogen and oxygen atoms in total. The van der Waals surface area contributed by atoms with Crippen LogP contribution < -0.4 is 0 Å². The fraction of sp³-hybridized carbons (Fsp3) is 0. The molecule has 3 heterocycles. The number of para-hydroxylation sites is 2. The van der Waals surface area contributed by atoms with Crippen LogP contribution in [-0.2, 0) is 0 Å². The molecule has 0 aliphatic rings. The fourth-order valence-electron chi connectivity index (χ4n) is 3.22. The van der Waals surface area contributed by atoms with Crippen LogP contribution in [0.4, 0.5) is 0 Å². The number of benzene rings is 2. The number of pyridine rings is 2. The Bertz CT molecular complexity index is 1110. The highest BCUT2D eigenvalue weighted by atomic mass is 14.8. The minimum atomic E-state index is 0.949. The zero-order valence-corrected chi connectivity index (χ0v) is 13.5. The lowest BCUT2D eigenvalue weighted by molar-refractivity contribution is 1.38. The summed E-state index contributed by atoms with van der Waals surface area (Å²) in [5, 5.41) is 2.29. The number of H-pyrrole nitrogens is 1. The zero-order chi connectivity index (χ0) is 16.6. The molecule has 0 saturated heterocycles. The number of hydrogen-bond donors (Lipinski definition) is 1. The van der Waals surface area contributed by atoms with E-state index in [2.05, 4.69) is 41.4 Å². The lowest BCUT2D eigenvalue weighted by Gasteiger charge is -2.06. The van der Waals surface area contributed by atoms with E-state index in [0.717, 1.165) is 44.3 Å². The smallest absolute Gasteiger partial charge is 0.0731 e. The summed E-state index contributed by atoms with van der Waals surface area (Å²) in [6.07, 6.45) is 3.98. The van der Waals surface area contributed by atoms with E-state index < -0.39 is 0 Å². The van der Waals surface area contributed by atoms with Gasteiger partial charge >= 0.3 is 0 Å². The number of fused-ring (bicyclic) bond motifs is 2. The van der Waals surface area contributed by atoms with Crippen molar-refractivity contribution in [3.8, 4) is 22.5 Å². The molecule has 0 fully saturated rings. The molecule has 0 aliphatic carbocycles. The van der Waals surface area contributed by atoms with Gasteiger partial charge in [-0.05, 0) is 24.3 Å². The van der Waals surface area contributed by atoms with Gasteiger partial charge in [0, 0.05) is 34.3 Å². The van der Waals surface area contributed by atoms with Crippen molar-refractivity contribution in [2.75, 3.05) is 0 Å². The fourth-order valence-corrected chi connectivity index (χ4v) is 3.22. The van der Waals surface area contributed by atoms with Gasteiger partial charge < -0.3 is 4.98 Å². The Morgan fingerprint density at radius 2 is 1.00 bits per heavy atom. The van der Waals surface area contributed by atoms with Gasteiger partial charge in [0.15, 0.2) is 0 Å². The van der Waals surface area contributed by atoms with Crippen LogP contribution in [0, 0.1) is 0 Å². The number of aromatic amines is 1. The van der Waals surface area contributed by atoms with Gasteiger partial charge in [0.2, 0.25) is 0 Å². The van der Waals surface area contributed by atoms with E-state index in [0.29, 0.717) is 0 Å². The second-order valence-electron chi connectivity index (χ2n) is 6.06. The summed E-state index contributed by atoms with van der Waals surface area (Å²) in [6, 6.07) is 24.7. The maximum Gasteiger partial charge on any atom is 0.0731 e. The van der Waals surface area contributed by atoms with Crippen LogP contribution in [0.15, 0.2) is 85.2 Å². The van der Waals surface area contributed by atoms with Crippen molar-refractivity contribution >= 4 is 21.8 Å². The van der Waals surface area contributed by atoms with Gasteiger partial charge in [-0.1, -0.05) is 48.5 Å². The summed E-state index contributed by atoms with van der Waals surface area (Å²) in [5.41, 5.74) is 6.02. The van der Waals surface area contributed by atoms with Crippen molar-refractivity contribution in [3.05, 3.63) is 85.2 Å². The lowest BCUT2D eigenvalue weighted by Crippen LogP contribution is -1.88. The van der Waals surface area contributed by atoms with E-state index in [9.17, 15) is 0 Å². The third-order valence-electron chi connectivity index (χ3n) is 4.49. The van der Waals surface area contributed by atoms with Gasteiger partial charge in [0.1, 0.15) is 0 Å². The Kier molecular flexibility index (Phi) is 3.10. The van der Waals surface area contributed by atoms with E-state index in [1.807, 2.05) is 48.8 Å². The topological polar surface area (TPSA) is 41.6 Å². The minimum absolute atomic E-state index is 0.949. The standard InChI is InChI=1S/C22H15N3/c1-3-7-19-15(5-1)9-11-21(24-19)17-13-23-14-18(17)22-12-10-16-6-2-4-8-20(16)25-22/h1-14,23H. The van der Waals surface area contributed by atoms with Gasteiger partial charge in [0.25, 0.3) is 0 Å². The molecule has 0 atom stereocenters. The quantitative estimate of drug-likeness (QED) is 0.470. The van der Waals surface area contributed by atoms with Crippen LogP contribution in [0.2, 0.25) is 0 Å². The molecule has 3 heteroatoms. The van der Waals surface area contributed by atoms with Crippen molar-refractivity contribution < 1.29 is 0 Å². The molecule has 5 aromatic rings. The molecule has 5 rings (SSSR count). The second kappa shape index (κ2) is 5.56. The van der Waals surface area contributed by atoms with Crippen molar-refractivity contribution in [2.24, 2.45) is 0 Å². The number of aromatic nitrogens is 3. The number of nitrogens with one attached hydrogen (secondary N) is 1. The van der Waals surface area contributed by atoms with E-state index in [-0.39, 0.29) is 0 Å². The summed E-state index contributed by atoms with van der Waals surface area (Å²) >= 11 is 0. The Hall–Kier alpha value is -3.46. The highest BCUT2D eigenvalue weighted by molar-refractivity contribution is 5.88. The first-order valence-electron chi connectivity index (χ1n) is 8.28. The Morgan fingerprint density at radius 3 is 1.52 bits per heavy atom. The van der Waals surface area contributed by atoms with E-state index >= 15 is 0 Å². The summed E-state index contributed by atoms with van der Waals surface area (Å²) < 4.78 is 0. The van der Waals surface area contributed by atoms with Crippen molar-refractivity contribution in [1.82, 2.24) is 15.0 Å². The summed E-state index contributed by atoms with van der Waals surface area (Å²) in [7, 11) is 0. The van der Waals surface area contributed by atoms with Crippen molar-refractivity contribution in [2.45, 2.75) is 0 Å². The van der Waals surface area contributed by atoms with E-state index in [4.69, 9.17) is 9.97 Å². The van der Waals surface area contributed by atoms with E-state index in [1.54, 1.807) is 0 Å². The molecule has 1 N–H and O–H groups in total. The highest BCUT2D eigenvalue weighted by Crippen LogP contribution is 2.31.